The highest BCUT2D eigenvalue weighted by Crippen LogP contribution is 2.19. The van der Waals surface area contributed by atoms with Crippen molar-refractivity contribution in [2.24, 2.45) is 5.92 Å². The van der Waals surface area contributed by atoms with Crippen molar-refractivity contribution in [1.29, 1.82) is 0 Å². The van der Waals surface area contributed by atoms with Crippen LogP contribution in [0, 0.1) is 5.92 Å². The van der Waals surface area contributed by atoms with E-state index in [0.29, 0.717) is 30.3 Å². The fourth-order valence-corrected chi connectivity index (χ4v) is 3.35. The monoisotopic (exact) mass is 383 g/mol. The second-order valence-corrected chi connectivity index (χ2v) is 7.42. The summed E-state index contributed by atoms with van der Waals surface area (Å²) < 4.78 is 2.30. The van der Waals surface area contributed by atoms with Gasteiger partial charge in [-0.15, -0.1) is 0 Å². The Morgan fingerprint density at radius 1 is 1.19 bits per heavy atom. The van der Waals surface area contributed by atoms with Crippen molar-refractivity contribution in [3.05, 3.63) is 64.9 Å². The van der Waals surface area contributed by atoms with Gasteiger partial charge in [-0.25, -0.2) is 4.98 Å². The summed E-state index contributed by atoms with van der Waals surface area (Å²) in [6.45, 7) is 5.97. The molecule has 0 saturated heterocycles. The van der Waals surface area contributed by atoms with Crippen molar-refractivity contribution in [2.45, 2.75) is 39.7 Å². The minimum atomic E-state index is -0.0207. The Hall–Kier alpha value is -2.33. The first-order valence-electron chi connectivity index (χ1n) is 9.52. The predicted molar refractivity (Wildman–Crippen MR) is 111 cm³/mol. The van der Waals surface area contributed by atoms with Crippen molar-refractivity contribution in [3.63, 3.8) is 0 Å². The summed E-state index contributed by atoms with van der Waals surface area (Å²) in [7, 11) is 0. The lowest BCUT2D eigenvalue weighted by Crippen LogP contribution is -2.28. The van der Waals surface area contributed by atoms with E-state index in [1.807, 2.05) is 36.4 Å². The fourth-order valence-electron chi connectivity index (χ4n) is 3.15. The van der Waals surface area contributed by atoms with Gasteiger partial charge in [-0.05, 0) is 29.7 Å². The zero-order valence-corrected chi connectivity index (χ0v) is 16.7. The molecule has 4 nitrogen and oxygen atoms in total. The van der Waals surface area contributed by atoms with Crippen LogP contribution in [0.2, 0.25) is 5.02 Å². The molecule has 3 aromatic rings. The van der Waals surface area contributed by atoms with Crippen LogP contribution in [-0.4, -0.2) is 22.0 Å². The van der Waals surface area contributed by atoms with Crippen LogP contribution in [0.4, 0.5) is 0 Å². The molecule has 3 rings (SSSR count). The molecular weight excluding hydrogens is 358 g/mol. The van der Waals surface area contributed by atoms with E-state index in [4.69, 9.17) is 16.6 Å². The molecule has 2 aromatic carbocycles. The highest BCUT2D eigenvalue weighted by molar-refractivity contribution is 6.31. The summed E-state index contributed by atoms with van der Waals surface area (Å²) in [5.41, 5.74) is 3.02. The molecule has 142 valence electrons. The molecule has 1 unspecified atom stereocenters. The van der Waals surface area contributed by atoms with E-state index in [1.165, 1.54) is 0 Å². The molecule has 1 amide bonds. The summed E-state index contributed by atoms with van der Waals surface area (Å²) in [5.74, 6) is 1.58. The lowest BCUT2D eigenvalue weighted by atomic mass is 10.1. The number of aromatic nitrogens is 2. The summed E-state index contributed by atoms with van der Waals surface area (Å²) in [5, 5.41) is 3.62. The van der Waals surface area contributed by atoms with Crippen LogP contribution in [-0.2, 0) is 24.2 Å². The number of nitrogens with one attached hydrogen (secondary N) is 1. The maximum Gasteiger partial charge on any atom is 0.224 e. The summed E-state index contributed by atoms with van der Waals surface area (Å²) in [4.78, 5) is 17.0. The molecule has 0 spiro atoms. The number of rotatable bonds is 8. The van der Waals surface area contributed by atoms with Crippen molar-refractivity contribution in [2.75, 3.05) is 6.54 Å². The third kappa shape index (κ3) is 4.89. The highest BCUT2D eigenvalue weighted by atomic mass is 35.5. The van der Waals surface area contributed by atoms with Crippen LogP contribution in [0.15, 0.2) is 48.5 Å². The van der Waals surface area contributed by atoms with Crippen molar-refractivity contribution in [1.82, 2.24) is 14.9 Å². The zero-order chi connectivity index (χ0) is 19.2. The molecule has 1 N–H and O–H groups in total. The van der Waals surface area contributed by atoms with Crippen molar-refractivity contribution in [3.8, 4) is 0 Å². The molecule has 0 aliphatic rings. The number of amides is 1. The van der Waals surface area contributed by atoms with Gasteiger partial charge in [0.25, 0.3) is 0 Å². The molecule has 0 aliphatic carbocycles. The second kappa shape index (κ2) is 9.05. The van der Waals surface area contributed by atoms with Crippen LogP contribution in [0.1, 0.15) is 31.7 Å². The summed E-state index contributed by atoms with van der Waals surface area (Å²) in [6.07, 6.45) is 2.13. The molecule has 1 heterocycles. The van der Waals surface area contributed by atoms with Gasteiger partial charge in [0.1, 0.15) is 5.82 Å². The van der Waals surface area contributed by atoms with Crippen LogP contribution in [0.3, 0.4) is 0 Å². The number of para-hydroxylation sites is 2. The maximum atomic E-state index is 12.2. The number of benzene rings is 2. The Bertz CT molecular complexity index is 919. The Morgan fingerprint density at radius 2 is 1.93 bits per heavy atom. The van der Waals surface area contributed by atoms with Crippen LogP contribution >= 0.6 is 11.6 Å². The third-order valence-corrected chi connectivity index (χ3v) is 5.27. The Morgan fingerprint density at radius 3 is 2.70 bits per heavy atom. The van der Waals surface area contributed by atoms with E-state index in [2.05, 4.69) is 29.8 Å². The lowest BCUT2D eigenvalue weighted by molar-refractivity contribution is -0.120. The number of hydrogen-bond donors (Lipinski definition) is 1. The van der Waals surface area contributed by atoms with Gasteiger partial charge in [0.05, 0.1) is 17.5 Å². The van der Waals surface area contributed by atoms with E-state index in [-0.39, 0.29) is 5.91 Å². The molecule has 1 atom stereocenters. The quantitative estimate of drug-likeness (QED) is 0.616. The topological polar surface area (TPSA) is 46.9 Å². The van der Waals surface area contributed by atoms with Crippen LogP contribution in [0.25, 0.3) is 11.0 Å². The van der Waals surface area contributed by atoms with Gasteiger partial charge in [-0.3, -0.25) is 4.79 Å². The maximum absolute atomic E-state index is 12.2. The lowest BCUT2D eigenvalue weighted by Gasteiger charge is -2.14. The average Bonchev–Trinajstić information content (AvgIpc) is 3.01. The van der Waals surface area contributed by atoms with Crippen molar-refractivity contribution >= 4 is 28.5 Å². The molecule has 1 aromatic heterocycles. The van der Waals surface area contributed by atoms with Crippen molar-refractivity contribution < 1.29 is 4.79 Å². The second-order valence-electron chi connectivity index (χ2n) is 7.01. The number of carbonyl (C=O) groups excluding carboxylic acids is 1. The normalized spacial score (nSPS) is 12.3. The minimum Gasteiger partial charge on any atom is -0.355 e. The van der Waals surface area contributed by atoms with E-state index in [0.717, 1.165) is 35.4 Å². The molecular formula is C22H26ClN3O. The van der Waals surface area contributed by atoms with Gasteiger partial charge in [-0.2, -0.15) is 0 Å². The minimum absolute atomic E-state index is 0.0207. The summed E-state index contributed by atoms with van der Waals surface area (Å²) in [6, 6.07) is 15.7. The fraction of sp³-hybridized carbons (Fsp3) is 0.364. The zero-order valence-electron chi connectivity index (χ0n) is 15.9. The molecule has 0 radical (unpaired) electrons. The molecule has 0 aliphatic heterocycles. The standard InChI is InChI=1S/C22H26ClN3O/c1-3-16(2)15-26-20-11-7-6-10-19(20)25-21(26)12-13-24-22(27)14-17-8-4-5-9-18(17)23/h4-11,16H,3,12-15H2,1-2H3,(H,24,27). The molecule has 0 fully saturated rings. The average molecular weight is 384 g/mol. The van der Waals surface area contributed by atoms with Crippen LogP contribution in [0.5, 0.6) is 0 Å². The first-order valence-corrected chi connectivity index (χ1v) is 9.90. The Kier molecular flexibility index (Phi) is 6.51. The number of halogens is 1. The van der Waals surface area contributed by atoms with Gasteiger partial charge in [0.15, 0.2) is 0 Å². The number of imidazole rings is 1. The van der Waals surface area contributed by atoms with Gasteiger partial charge in [0, 0.05) is 24.5 Å². The first kappa shape index (κ1) is 19.4. The van der Waals surface area contributed by atoms with Gasteiger partial charge in [-0.1, -0.05) is 62.2 Å². The van der Waals surface area contributed by atoms with E-state index in [9.17, 15) is 4.79 Å². The Balaban J connectivity index is 1.65. The number of fused-ring (bicyclic) bond motifs is 1. The number of nitrogens with zero attached hydrogens (tertiary/aromatic N) is 2. The molecule has 0 bridgehead atoms. The van der Waals surface area contributed by atoms with Gasteiger partial charge >= 0.3 is 0 Å². The SMILES string of the molecule is CCC(C)Cn1c(CCNC(=O)Cc2ccccc2Cl)nc2ccccc21. The van der Waals surface area contributed by atoms with Gasteiger partial charge in [0.2, 0.25) is 5.91 Å². The molecule has 27 heavy (non-hydrogen) atoms. The molecule has 5 heteroatoms. The largest absolute Gasteiger partial charge is 0.355 e. The van der Waals surface area contributed by atoms with Crippen LogP contribution < -0.4 is 5.32 Å². The van der Waals surface area contributed by atoms with E-state index in [1.54, 1.807) is 6.07 Å². The smallest absolute Gasteiger partial charge is 0.224 e. The number of carbonyl (C=O) groups is 1. The number of hydrogen-bond acceptors (Lipinski definition) is 2. The van der Waals surface area contributed by atoms with E-state index < -0.39 is 0 Å². The van der Waals surface area contributed by atoms with E-state index >= 15 is 0 Å². The predicted octanol–water partition coefficient (Wildman–Crippen LogP) is 4.64. The Labute approximate surface area is 165 Å². The third-order valence-electron chi connectivity index (χ3n) is 4.90. The highest BCUT2D eigenvalue weighted by Gasteiger charge is 2.13. The first-order chi connectivity index (χ1) is 13.1. The summed E-state index contributed by atoms with van der Waals surface area (Å²) >= 11 is 6.13. The van der Waals surface area contributed by atoms with Gasteiger partial charge < -0.3 is 9.88 Å². The molecule has 0 saturated carbocycles.